The first-order valence-electron chi connectivity index (χ1n) is 10.1. The van der Waals surface area contributed by atoms with Crippen molar-refractivity contribution in [3.05, 3.63) is 29.3 Å². The van der Waals surface area contributed by atoms with Crippen molar-refractivity contribution in [2.45, 2.75) is 56.9 Å². The molecular weight excluding hydrogens is 362 g/mol. The SMILES string of the molecule is Cc1ccc(S(=O)(=O)N2CC[NH+](CC(=O)NC3CCCCC3)CC2)cc1C. The van der Waals surface area contributed by atoms with E-state index in [1.54, 1.807) is 16.4 Å². The summed E-state index contributed by atoms with van der Waals surface area (Å²) in [5.74, 6) is 0.0994. The first kappa shape index (κ1) is 20.3. The Kier molecular flexibility index (Phi) is 6.55. The molecule has 0 atom stereocenters. The van der Waals surface area contributed by atoms with E-state index in [0.29, 0.717) is 43.7 Å². The highest BCUT2D eigenvalue weighted by Gasteiger charge is 2.31. The Balaban J connectivity index is 1.51. The van der Waals surface area contributed by atoms with Gasteiger partial charge in [-0.15, -0.1) is 0 Å². The highest BCUT2D eigenvalue weighted by molar-refractivity contribution is 7.89. The number of nitrogens with one attached hydrogen (secondary N) is 2. The summed E-state index contributed by atoms with van der Waals surface area (Å²) in [5, 5.41) is 3.15. The lowest BCUT2D eigenvalue weighted by Crippen LogP contribution is -3.15. The van der Waals surface area contributed by atoms with E-state index in [9.17, 15) is 13.2 Å². The Bertz CT molecular complexity index is 765. The normalized spacial score (nSPS) is 20.5. The number of rotatable bonds is 5. The number of hydrogen-bond donors (Lipinski definition) is 2. The lowest BCUT2D eigenvalue weighted by Gasteiger charge is -2.31. The summed E-state index contributed by atoms with van der Waals surface area (Å²) in [7, 11) is -3.46. The van der Waals surface area contributed by atoms with Crippen molar-refractivity contribution in [2.24, 2.45) is 0 Å². The Labute approximate surface area is 163 Å². The van der Waals surface area contributed by atoms with Crippen LogP contribution < -0.4 is 10.2 Å². The summed E-state index contributed by atoms with van der Waals surface area (Å²) >= 11 is 0. The van der Waals surface area contributed by atoms with Crippen LogP contribution in [0.5, 0.6) is 0 Å². The van der Waals surface area contributed by atoms with Gasteiger partial charge in [0.25, 0.3) is 5.91 Å². The number of sulfonamides is 1. The van der Waals surface area contributed by atoms with Crippen molar-refractivity contribution in [1.82, 2.24) is 9.62 Å². The van der Waals surface area contributed by atoms with Gasteiger partial charge < -0.3 is 10.2 Å². The van der Waals surface area contributed by atoms with Crippen LogP contribution in [0, 0.1) is 13.8 Å². The smallest absolute Gasteiger partial charge is 0.275 e. The van der Waals surface area contributed by atoms with E-state index < -0.39 is 10.0 Å². The molecule has 2 fully saturated rings. The third kappa shape index (κ3) is 5.09. The van der Waals surface area contributed by atoms with E-state index in [1.165, 1.54) is 19.3 Å². The summed E-state index contributed by atoms with van der Waals surface area (Å²) in [6.45, 7) is 6.61. The largest absolute Gasteiger partial charge is 0.348 e. The quantitative estimate of drug-likeness (QED) is 0.770. The minimum absolute atomic E-state index is 0.0994. The molecule has 2 N–H and O–H groups in total. The van der Waals surface area contributed by atoms with Crippen molar-refractivity contribution in [1.29, 1.82) is 0 Å². The standard InChI is InChI=1S/C20H31N3O3S/c1-16-8-9-19(14-17(16)2)27(25,26)23-12-10-22(11-13-23)15-20(24)21-18-6-4-3-5-7-18/h8-9,14,18H,3-7,10-13,15H2,1-2H3,(H,21,24)/p+1. The van der Waals surface area contributed by atoms with Crippen LogP contribution in [-0.4, -0.2) is 57.4 Å². The second kappa shape index (κ2) is 8.71. The minimum atomic E-state index is -3.46. The molecule has 1 saturated heterocycles. The number of hydrogen-bond acceptors (Lipinski definition) is 3. The highest BCUT2D eigenvalue weighted by Crippen LogP contribution is 2.19. The van der Waals surface area contributed by atoms with E-state index in [0.717, 1.165) is 28.9 Å². The topological polar surface area (TPSA) is 70.9 Å². The van der Waals surface area contributed by atoms with Crippen molar-refractivity contribution < 1.29 is 18.1 Å². The summed E-state index contributed by atoms with van der Waals surface area (Å²) in [6, 6.07) is 5.63. The number of benzene rings is 1. The fourth-order valence-electron chi connectivity index (χ4n) is 4.00. The zero-order chi connectivity index (χ0) is 19.4. The molecule has 1 saturated carbocycles. The van der Waals surface area contributed by atoms with Crippen LogP contribution in [0.4, 0.5) is 0 Å². The Morgan fingerprint density at radius 3 is 2.41 bits per heavy atom. The minimum Gasteiger partial charge on any atom is -0.348 e. The molecule has 27 heavy (non-hydrogen) atoms. The molecule has 3 rings (SSSR count). The van der Waals surface area contributed by atoms with Gasteiger partial charge in [-0.25, -0.2) is 8.42 Å². The fraction of sp³-hybridized carbons (Fsp3) is 0.650. The van der Waals surface area contributed by atoms with Crippen LogP contribution >= 0.6 is 0 Å². The second-order valence-corrected chi connectivity index (χ2v) is 9.92. The third-order valence-electron chi connectivity index (χ3n) is 5.93. The molecule has 150 valence electrons. The summed E-state index contributed by atoms with van der Waals surface area (Å²) < 4.78 is 27.3. The maximum atomic E-state index is 12.9. The molecule has 1 aromatic carbocycles. The number of carbonyl (C=O) groups is 1. The lowest BCUT2D eigenvalue weighted by atomic mass is 9.95. The number of piperazine rings is 1. The van der Waals surface area contributed by atoms with Gasteiger partial charge in [-0.3, -0.25) is 4.79 Å². The molecule has 2 aliphatic rings. The van der Waals surface area contributed by atoms with Crippen molar-refractivity contribution in [3.63, 3.8) is 0 Å². The van der Waals surface area contributed by atoms with Gasteiger partial charge in [-0.05, 0) is 49.9 Å². The van der Waals surface area contributed by atoms with Gasteiger partial charge in [0.2, 0.25) is 10.0 Å². The van der Waals surface area contributed by atoms with Gasteiger partial charge in [-0.1, -0.05) is 25.3 Å². The van der Waals surface area contributed by atoms with Crippen molar-refractivity contribution in [3.8, 4) is 0 Å². The first-order valence-corrected chi connectivity index (χ1v) is 11.5. The number of amides is 1. The van der Waals surface area contributed by atoms with Gasteiger partial charge in [-0.2, -0.15) is 4.31 Å². The molecule has 0 unspecified atom stereocenters. The number of aryl methyl sites for hydroxylation is 2. The first-order chi connectivity index (χ1) is 12.9. The van der Waals surface area contributed by atoms with Gasteiger partial charge in [0.1, 0.15) is 0 Å². The number of quaternary nitrogens is 1. The van der Waals surface area contributed by atoms with Crippen LogP contribution in [0.3, 0.4) is 0 Å². The van der Waals surface area contributed by atoms with E-state index in [2.05, 4.69) is 5.32 Å². The number of nitrogens with zero attached hydrogens (tertiary/aromatic N) is 1. The molecule has 0 radical (unpaired) electrons. The predicted molar refractivity (Wildman–Crippen MR) is 105 cm³/mol. The van der Waals surface area contributed by atoms with Crippen LogP contribution in [-0.2, 0) is 14.8 Å². The molecule has 0 aromatic heterocycles. The molecule has 0 spiro atoms. The predicted octanol–water partition coefficient (Wildman–Crippen LogP) is 0.642. The van der Waals surface area contributed by atoms with Crippen LogP contribution in [0.2, 0.25) is 0 Å². The maximum absolute atomic E-state index is 12.9. The summed E-state index contributed by atoms with van der Waals surface area (Å²) in [6.07, 6.45) is 5.85. The van der Waals surface area contributed by atoms with Gasteiger partial charge in [0, 0.05) is 6.04 Å². The molecule has 1 aliphatic carbocycles. The van der Waals surface area contributed by atoms with Crippen LogP contribution in [0.1, 0.15) is 43.2 Å². The molecule has 1 aliphatic heterocycles. The Hall–Kier alpha value is -1.44. The van der Waals surface area contributed by atoms with E-state index >= 15 is 0 Å². The van der Waals surface area contributed by atoms with Gasteiger partial charge in [0.05, 0.1) is 31.1 Å². The third-order valence-corrected chi connectivity index (χ3v) is 7.82. The van der Waals surface area contributed by atoms with Crippen molar-refractivity contribution >= 4 is 15.9 Å². The Morgan fingerprint density at radius 2 is 1.78 bits per heavy atom. The zero-order valence-electron chi connectivity index (χ0n) is 16.5. The van der Waals surface area contributed by atoms with Gasteiger partial charge in [0.15, 0.2) is 6.54 Å². The van der Waals surface area contributed by atoms with Crippen LogP contribution in [0.15, 0.2) is 23.1 Å². The summed E-state index contributed by atoms with van der Waals surface area (Å²) in [4.78, 5) is 13.8. The van der Waals surface area contributed by atoms with Gasteiger partial charge >= 0.3 is 0 Å². The average molecular weight is 395 g/mol. The monoisotopic (exact) mass is 394 g/mol. The fourth-order valence-corrected chi connectivity index (χ4v) is 5.52. The van der Waals surface area contributed by atoms with Crippen molar-refractivity contribution in [2.75, 3.05) is 32.7 Å². The summed E-state index contributed by atoms with van der Waals surface area (Å²) in [5.41, 5.74) is 2.08. The molecular formula is C20H32N3O3S+. The van der Waals surface area contributed by atoms with E-state index in [-0.39, 0.29) is 5.91 Å². The number of carbonyl (C=O) groups excluding carboxylic acids is 1. The average Bonchev–Trinajstić information content (AvgIpc) is 2.65. The molecule has 0 bridgehead atoms. The second-order valence-electron chi connectivity index (χ2n) is 7.98. The lowest BCUT2D eigenvalue weighted by molar-refractivity contribution is -0.895. The molecule has 7 heteroatoms. The molecule has 1 aromatic rings. The zero-order valence-corrected chi connectivity index (χ0v) is 17.3. The van der Waals surface area contributed by atoms with E-state index in [1.807, 2.05) is 19.9 Å². The molecule has 1 heterocycles. The van der Waals surface area contributed by atoms with Crippen LogP contribution in [0.25, 0.3) is 0 Å². The molecule has 6 nitrogen and oxygen atoms in total. The maximum Gasteiger partial charge on any atom is 0.275 e. The van der Waals surface area contributed by atoms with E-state index in [4.69, 9.17) is 0 Å². The Morgan fingerprint density at radius 1 is 1.11 bits per heavy atom. The highest BCUT2D eigenvalue weighted by atomic mass is 32.2. The molecule has 1 amide bonds.